The number of fused-ring (bicyclic) bond motifs is 1. The predicted molar refractivity (Wildman–Crippen MR) is 89.5 cm³/mol. The van der Waals surface area contributed by atoms with Crippen LogP contribution in [0.5, 0.6) is 5.75 Å². The van der Waals surface area contributed by atoms with Crippen molar-refractivity contribution in [3.63, 3.8) is 0 Å². The van der Waals surface area contributed by atoms with Crippen LogP contribution in [0.15, 0.2) is 48.5 Å². The smallest absolute Gasteiger partial charge is 0.224 e. The Balaban J connectivity index is 1.39. The maximum absolute atomic E-state index is 12.5. The van der Waals surface area contributed by atoms with Gasteiger partial charge in [-0.15, -0.1) is 0 Å². The van der Waals surface area contributed by atoms with Crippen molar-refractivity contribution in [2.45, 2.75) is 31.7 Å². The van der Waals surface area contributed by atoms with Crippen molar-refractivity contribution >= 4 is 5.91 Å². The van der Waals surface area contributed by atoms with E-state index in [1.54, 1.807) is 0 Å². The van der Waals surface area contributed by atoms with Crippen LogP contribution < -0.4 is 10.1 Å². The van der Waals surface area contributed by atoms with Gasteiger partial charge in [0.25, 0.3) is 0 Å². The fourth-order valence-corrected chi connectivity index (χ4v) is 3.43. The molecule has 2 aromatic rings. The molecule has 1 saturated carbocycles. The largest absolute Gasteiger partial charge is 0.493 e. The Morgan fingerprint density at radius 1 is 1.22 bits per heavy atom. The van der Waals surface area contributed by atoms with E-state index < -0.39 is 0 Å². The van der Waals surface area contributed by atoms with Gasteiger partial charge in [-0.25, -0.2) is 0 Å². The molecule has 2 aromatic carbocycles. The monoisotopic (exact) mass is 307 g/mol. The van der Waals surface area contributed by atoms with E-state index >= 15 is 0 Å². The molecule has 3 nitrogen and oxygen atoms in total. The lowest BCUT2D eigenvalue weighted by atomic mass is 10.0. The second-order valence-corrected chi connectivity index (χ2v) is 6.56. The highest BCUT2D eigenvalue weighted by Gasteiger charge is 2.44. The van der Waals surface area contributed by atoms with E-state index in [2.05, 4.69) is 36.5 Å². The average molecular weight is 307 g/mol. The Labute approximate surface area is 136 Å². The minimum absolute atomic E-state index is 0.0328. The summed E-state index contributed by atoms with van der Waals surface area (Å²) < 4.78 is 5.54. The Bertz CT molecular complexity index is 726. The lowest BCUT2D eigenvalue weighted by Gasteiger charge is -2.15. The third-order valence-electron chi connectivity index (χ3n) is 4.93. The van der Waals surface area contributed by atoms with Crippen molar-refractivity contribution in [1.82, 2.24) is 5.32 Å². The maximum Gasteiger partial charge on any atom is 0.224 e. The highest BCUT2D eigenvalue weighted by Crippen LogP contribution is 2.47. The van der Waals surface area contributed by atoms with E-state index in [-0.39, 0.29) is 17.9 Å². The van der Waals surface area contributed by atoms with Gasteiger partial charge in [-0.3, -0.25) is 4.79 Å². The van der Waals surface area contributed by atoms with Crippen molar-refractivity contribution < 1.29 is 9.53 Å². The van der Waals surface area contributed by atoms with Crippen LogP contribution in [0, 0.1) is 5.92 Å². The van der Waals surface area contributed by atoms with Crippen LogP contribution in [0.25, 0.3) is 0 Å². The van der Waals surface area contributed by atoms with Gasteiger partial charge in [-0.05, 0) is 48.1 Å². The molecule has 3 unspecified atom stereocenters. The van der Waals surface area contributed by atoms with E-state index in [0.29, 0.717) is 5.92 Å². The minimum Gasteiger partial charge on any atom is -0.493 e. The summed E-state index contributed by atoms with van der Waals surface area (Å²) in [6.45, 7) is 2.82. The van der Waals surface area contributed by atoms with Gasteiger partial charge in [-0.1, -0.05) is 36.4 Å². The fourth-order valence-electron chi connectivity index (χ4n) is 3.43. The number of hydrogen-bond acceptors (Lipinski definition) is 2. The number of rotatable bonds is 4. The lowest BCUT2D eigenvalue weighted by molar-refractivity contribution is -0.123. The number of ether oxygens (including phenoxy) is 1. The van der Waals surface area contributed by atoms with Gasteiger partial charge in [0, 0.05) is 12.3 Å². The first kappa shape index (κ1) is 14.3. The quantitative estimate of drug-likeness (QED) is 0.937. The molecule has 3 heteroatoms. The molecule has 118 valence electrons. The zero-order chi connectivity index (χ0) is 15.8. The molecule has 0 spiro atoms. The van der Waals surface area contributed by atoms with Crippen LogP contribution in [-0.4, -0.2) is 12.5 Å². The molecule has 23 heavy (non-hydrogen) atoms. The molecular weight excluding hydrogens is 286 g/mol. The molecule has 0 saturated heterocycles. The molecule has 1 heterocycles. The van der Waals surface area contributed by atoms with Gasteiger partial charge >= 0.3 is 0 Å². The van der Waals surface area contributed by atoms with Crippen molar-refractivity contribution in [1.29, 1.82) is 0 Å². The molecule has 1 fully saturated rings. The summed E-state index contributed by atoms with van der Waals surface area (Å²) in [5, 5.41) is 3.17. The minimum atomic E-state index is 0.0328. The van der Waals surface area contributed by atoms with Crippen molar-refractivity contribution in [3.05, 3.63) is 65.2 Å². The van der Waals surface area contributed by atoms with Crippen molar-refractivity contribution in [2.75, 3.05) is 6.61 Å². The first-order valence-corrected chi connectivity index (χ1v) is 8.33. The zero-order valence-corrected chi connectivity index (χ0v) is 13.3. The summed E-state index contributed by atoms with van der Waals surface area (Å²) in [7, 11) is 0. The summed E-state index contributed by atoms with van der Waals surface area (Å²) in [6.07, 6.45) is 1.92. The Kier molecular flexibility index (Phi) is 3.56. The third kappa shape index (κ3) is 2.83. The van der Waals surface area contributed by atoms with Gasteiger partial charge in [-0.2, -0.15) is 0 Å². The second kappa shape index (κ2) is 5.73. The van der Waals surface area contributed by atoms with Crippen LogP contribution in [0.3, 0.4) is 0 Å². The molecular formula is C20H21NO2. The molecule has 3 atom stereocenters. The average Bonchev–Trinajstić information content (AvgIpc) is 3.25. The van der Waals surface area contributed by atoms with E-state index in [0.717, 1.165) is 30.8 Å². The van der Waals surface area contributed by atoms with Crippen LogP contribution in [0.2, 0.25) is 0 Å². The summed E-state index contributed by atoms with van der Waals surface area (Å²) in [5.74, 6) is 1.66. The summed E-state index contributed by atoms with van der Waals surface area (Å²) in [4.78, 5) is 12.5. The number of carbonyl (C=O) groups is 1. The molecule has 4 rings (SSSR count). The summed E-state index contributed by atoms with van der Waals surface area (Å²) in [6, 6.07) is 16.6. The first-order valence-electron chi connectivity index (χ1n) is 8.33. The van der Waals surface area contributed by atoms with Gasteiger partial charge < -0.3 is 10.1 Å². The highest BCUT2D eigenvalue weighted by molar-refractivity contribution is 5.83. The van der Waals surface area contributed by atoms with Gasteiger partial charge in [0.05, 0.1) is 12.6 Å². The molecule has 1 aliphatic carbocycles. The molecule has 2 aliphatic rings. The SMILES string of the molecule is CC(NC(=O)C1CC1c1ccccc1)c1ccc2c(c1)CCO2. The van der Waals surface area contributed by atoms with Gasteiger partial charge in [0.2, 0.25) is 5.91 Å². The van der Waals surface area contributed by atoms with E-state index in [4.69, 9.17) is 4.74 Å². The van der Waals surface area contributed by atoms with E-state index in [1.807, 2.05) is 24.3 Å². The first-order chi connectivity index (χ1) is 11.2. The number of carbonyl (C=O) groups excluding carboxylic acids is 1. The van der Waals surface area contributed by atoms with Crippen LogP contribution in [-0.2, 0) is 11.2 Å². The Morgan fingerprint density at radius 2 is 2.04 bits per heavy atom. The van der Waals surface area contributed by atoms with Crippen molar-refractivity contribution in [2.24, 2.45) is 5.92 Å². The number of nitrogens with one attached hydrogen (secondary N) is 1. The van der Waals surface area contributed by atoms with Crippen molar-refractivity contribution in [3.8, 4) is 5.75 Å². The topological polar surface area (TPSA) is 38.3 Å². The standard InChI is InChI=1S/C20H21NO2/c1-13(15-7-8-19-16(11-15)9-10-23-19)21-20(22)18-12-17(18)14-5-3-2-4-6-14/h2-8,11,13,17-18H,9-10,12H2,1H3,(H,21,22). The van der Waals surface area contributed by atoms with Crippen LogP contribution in [0.4, 0.5) is 0 Å². The van der Waals surface area contributed by atoms with Crippen LogP contribution >= 0.6 is 0 Å². The zero-order valence-electron chi connectivity index (χ0n) is 13.3. The van der Waals surface area contributed by atoms with E-state index in [1.165, 1.54) is 11.1 Å². The number of amides is 1. The fraction of sp³-hybridized carbons (Fsp3) is 0.350. The second-order valence-electron chi connectivity index (χ2n) is 6.56. The highest BCUT2D eigenvalue weighted by atomic mass is 16.5. The predicted octanol–water partition coefficient (Wildman–Crippen LogP) is 3.60. The van der Waals surface area contributed by atoms with Crippen LogP contribution in [0.1, 0.15) is 42.0 Å². The summed E-state index contributed by atoms with van der Waals surface area (Å²) in [5.41, 5.74) is 3.67. The maximum atomic E-state index is 12.5. The molecule has 1 N–H and O–H groups in total. The number of benzene rings is 2. The molecule has 1 amide bonds. The Morgan fingerprint density at radius 3 is 2.87 bits per heavy atom. The van der Waals surface area contributed by atoms with E-state index in [9.17, 15) is 4.79 Å². The lowest BCUT2D eigenvalue weighted by Crippen LogP contribution is -2.28. The Hall–Kier alpha value is -2.29. The normalized spacial score (nSPS) is 22.8. The molecule has 0 aromatic heterocycles. The number of hydrogen-bond donors (Lipinski definition) is 1. The van der Waals surface area contributed by atoms with Gasteiger partial charge in [0.15, 0.2) is 0 Å². The third-order valence-corrected chi connectivity index (χ3v) is 4.93. The molecule has 1 aliphatic heterocycles. The molecule has 0 radical (unpaired) electrons. The summed E-state index contributed by atoms with van der Waals surface area (Å²) >= 11 is 0. The van der Waals surface area contributed by atoms with Gasteiger partial charge in [0.1, 0.15) is 5.75 Å². The molecule has 0 bridgehead atoms.